The molecule has 0 radical (unpaired) electrons. The number of anilines is 1. The Hall–Kier alpha value is -1.91. The van der Waals surface area contributed by atoms with Crippen molar-refractivity contribution in [3.05, 3.63) is 48.5 Å². The predicted octanol–water partition coefficient (Wildman–Crippen LogP) is 4.57. The second kappa shape index (κ2) is 8.85. The van der Waals surface area contributed by atoms with Crippen LogP contribution in [0.2, 0.25) is 0 Å². The van der Waals surface area contributed by atoms with Gasteiger partial charge in [0.15, 0.2) is 0 Å². The molecule has 1 saturated heterocycles. The highest BCUT2D eigenvalue weighted by atomic mass is 32.2. The molecule has 0 aliphatic carbocycles. The molecule has 0 bridgehead atoms. The maximum Gasteiger partial charge on any atom is 0.573 e. The molecule has 158 valence electrons. The highest BCUT2D eigenvalue weighted by Gasteiger charge is 2.31. The molecule has 1 heterocycles. The SMILES string of the molecule is CN1CCC(Sc2ccc(NS(=O)(=O)c3ccc(OC(F)(F)F)cc3)cc2)CC1. The summed E-state index contributed by atoms with van der Waals surface area (Å²) in [5.74, 6) is -0.480. The van der Waals surface area contributed by atoms with Gasteiger partial charge in [-0.25, -0.2) is 8.42 Å². The zero-order valence-electron chi connectivity index (χ0n) is 15.6. The first kappa shape index (κ1) is 21.8. The molecular weight excluding hydrogens is 425 g/mol. The van der Waals surface area contributed by atoms with Crippen LogP contribution in [0, 0.1) is 0 Å². The van der Waals surface area contributed by atoms with Crippen LogP contribution < -0.4 is 9.46 Å². The van der Waals surface area contributed by atoms with Crippen LogP contribution in [0.15, 0.2) is 58.3 Å². The van der Waals surface area contributed by atoms with E-state index in [0.717, 1.165) is 55.1 Å². The summed E-state index contributed by atoms with van der Waals surface area (Å²) in [5.41, 5.74) is 0.383. The topological polar surface area (TPSA) is 58.6 Å². The van der Waals surface area contributed by atoms with E-state index >= 15 is 0 Å². The normalized spacial score (nSPS) is 16.6. The summed E-state index contributed by atoms with van der Waals surface area (Å²) in [5, 5.41) is 0.547. The summed E-state index contributed by atoms with van der Waals surface area (Å²) in [6, 6.07) is 11.1. The molecule has 1 N–H and O–H groups in total. The Labute approximate surface area is 172 Å². The molecule has 5 nitrogen and oxygen atoms in total. The first-order valence-electron chi connectivity index (χ1n) is 8.95. The van der Waals surface area contributed by atoms with Crippen molar-refractivity contribution >= 4 is 27.5 Å². The van der Waals surface area contributed by atoms with E-state index in [-0.39, 0.29) is 4.90 Å². The van der Waals surface area contributed by atoms with E-state index in [0.29, 0.717) is 10.9 Å². The fraction of sp³-hybridized carbons (Fsp3) is 0.368. The molecule has 0 amide bonds. The predicted molar refractivity (Wildman–Crippen MR) is 107 cm³/mol. The van der Waals surface area contributed by atoms with Crippen LogP contribution in [0.1, 0.15) is 12.8 Å². The average molecular weight is 447 g/mol. The van der Waals surface area contributed by atoms with Gasteiger partial charge in [-0.15, -0.1) is 24.9 Å². The molecule has 0 unspecified atom stereocenters. The van der Waals surface area contributed by atoms with Gasteiger partial charge in [-0.05, 0) is 81.5 Å². The maximum absolute atomic E-state index is 12.4. The molecule has 1 fully saturated rings. The minimum Gasteiger partial charge on any atom is -0.406 e. The summed E-state index contributed by atoms with van der Waals surface area (Å²) < 4.78 is 67.7. The summed E-state index contributed by atoms with van der Waals surface area (Å²) in [4.78, 5) is 3.21. The Morgan fingerprint density at radius 3 is 2.17 bits per heavy atom. The van der Waals surface area contributed by atoms with E-state index < -0.39 is 22.1 Å². The van der Waals surface area contributed by atoms with E-state index in [2.05, 4.69) is 21.4 Å². The smallest absolute Gasteiger partial charge is 0.406 e. The number of alkyl halides is 3. The molecule has 0 saturated carbocycles. The van der Waals surface area contributed by atoms with E-state index in [1.54, 1.807) is 23.9 Å². The van der Waals surface area contributed by atoms with Gasteiger partial charge < -0.3 is 9.64 Å². The highest BCUT2D eigenvalue weighted by Crippen LogP contribution is 2.31. The van der Waals surface area contributed by atoms with Crippen molar-refractivity contribution in [1.29, 1.82) is 0 Å². The fourth-order valence-corrected chi connectivity index (χ4v) is 5.11. The Morgan fingerprint density at radius 2 is 1.62 bits per heavy atom. The number of benzene rings is 2. The molecule has 29 heavy (non-hydrogen) atoms. The van der Waals surface area contributed by atoms with Crippen LogP contribution in [0.3, 0.4) is 0 Å². The van der Waals surface area contributed by atoms with Crippen molar-refractivity contribution in [3.8, 4) is 5.75 Å². The van der Waals surface area contributed by atoms with Gasteiger partial charge in [-0.3, -0.25) is 4.72 Å². The zero-order chi connectivity index (χ0) is 21.1. The third-order valence-electron chi connectivity index (χ3n) is 4.44. The van der Waals surface area contributed by atoms with Crippen molar-refractivity contribution in [3.63, 3.8) is 0 Å². The van der Waals surface area contributed by atoms with Crippen molar-refractivity contribution in [2.75, 3.05) is 24.9 Å². The lowest BCUT2D eigenvalue weighted by atomic mass is 10.1. The maximum atomic E-state index is 12.4. The number of thioether (sulfide) groups is 1. The number of hydrogen-bond donors (Lipinski definition) is 1. The lowest BCUT2D eigenvalue weighted by Gasteiger charge is -2.28. The van der Waals surface area contributed by atoms with Gasteiger partial charge in [0.25, 0.3) is 10.0 Å². The van der Waals surface area contributed by atoms with Crippen molar-refractivity contribution in [2.45, 2.75) is 34.2 Å². The van der Waals surface area contributed by atoms with Crippen LogP contribution in [0.5, 0.6) is 5.75 Å². The van der Waals surface area contributed by atoms with E-state index in [1.165, 1.54) is 0 Å². The van der Waals surface area contributed by atoms with E-state index in [1.807, 2.05) is 12.1 Å². The molecule has 3 rings (SSSR count). The third-order valence-corrected chi connectivity index (χ3v) is 7.19. The van der Waals surface area contributed by atoms with Gasteiger partial charge in [0.1, 0.15) is 5.75 Å². The van der Waals surface area contributed by atoms with Crippen LogP contribution >= 0.6 is 11.8 Å². The molecule has 0 aromatic heterocycles. The summed E-state index contributed by atoms with van der Waals surface area (Å²) in [7, 11) is -1.81. The molecule has 0 atom stereocenters. The lowest BCUT2D eigenvalue weighted by Crippen LogP contribution is -2.31. The van der Waals surface area contributed by atoms with E-state index in [9.17, 15) is 21.6 Å². The van der Waals surface area contributed by atoms with Crippen molar-refractivity contribution in [1.82, 2.24) is 4.90 Å². The first-order valence-corrected chi connectivity index (χ1v) is 11.3. The highest BCUT2D eigenvalue weighted by molar-refractivity contribution is 8.00. The summed E-state index contributed by atoms with van der Waals surface area (Å²) in [6.07, 6.45) is -2.60. The molecule has 2 aromatic rings. The minimum atomic E-state index is -4.83. The molecule has 10 heteroatoms. The van der Waals surface area contributed by atoms with Gasteiger partial charge in [0.05, 0.1) is 4.90 Å². The van der Waals surface area contributed by atoms with Crippen molar-refractivity contribution < 1.29 is 26.3 Å². The molecular formula is C19H21F3N2O3S2. The number of hydrogen-bond acceptors (Lipinski definition) is 5. The van der Waals surface area contributed by atoms with Gasteiger partial charge in [0.2, 0.25) is 0 Å². The largest absolute Gasteiger partial charge is 0.573 e. The van der Waals surface area contributed by atoms with Gasteiger partial charge in [-0.1, -0.05) is 0 Å². The summed E-state index contributed by atoms with van der Waals surface area (Å²) in [6.45, 7) is 2.14. The fourth-order valence-electron chi connectivity index (χ4n) is 2.93. The molecule has 1 aliphatic rings. The Kier molecular flexibility index (Phi) is 6.65. The second-order valence-corrected chi connectivity index (χ2v) is 9.83. The lowest BCUT2D eigenvalue weighted by molar-refractivity contribution is -0.274. The number of piperidine rings is 1. The standard InChI is InChI=1S/C19H21F3N2O3S2/c1-24-12-10-17(11-13-24)28-16-6-2-14(3-7-16)23-29(25,26)18-8-4-15(5-9-18)27-19(20,21)22/h2-9,17,23H,10-13H2,1H3. The average Bonchev–Trinajstić information content (AvgIpc) is 2.64. The number of nitrogens with one attached hydrogen (secondary N) is 1. The molecule has 1 aliphatic heterocycles. The number of rotatable bonds is 6. The third kappa shape index (κ3) is 6.55. The van der Waals surface area contributed by atoms with Gasteiger partial charge in [-0.2, -0.15) is 0 Å². The number of ether oxygens (including phenoxy) is 1. The Bertz CT molecular complexity index is 909. The van der Waals surface area contributed by atoms with Crippen LogP contribution in [-0.4, -0.2) is 45.1 Å². The second-order valence-electron chi connectivity index (χ2n) is 6.77. The van der Waals surface area contributed by atoms with Gasteiger partial charge >= 0.3 is 6.36 Å². The first-order chi connectivity index (χ1) is 13.6. The number of nitrogens with zero attached hydrogens (tertiary/aromatic N) is 1. The number of likely N-dealkylation sites (tertiary alicyclic amines) is 1. The molecule has 2 aromatic carbocycles. The quantitative estimate of drug-likeness (QED) is 0.704. The monoisotopic (exact) mass is 446 g/mol. The summed E-state index contributed by atoms with van der Waals surface area (Å²) >= 11 is 1.79. The zero-order valence-corrected chi connectivity index (χ0v) is 17.3. The Morgan fingerprint density at radius 1 is 1.03 bits per heavy atom. The molecule has 0 spiro atoms. The van der Waals surface area contributed by atoms with Crippen LogP contribution in [0.4, 0.5) is 18.9 Å². The number of halogens is 3. The number of sulfonamides is 1. The van der Waals surface area contributed by atoms with Crippen molar-refractivity contribution in [2.24, 2.45) is 0 Å². The minimum absolute atomic E-state index is 0.156. The van der Waals surface area contributed by atoms with Gasteiger partial charge in [0, 0.05) is 15.8 Å². The Balaban J connectivity index is 1.61. The van der Waals surface area contributed by atoms with Crippen LogP contribution in [-0.2, 0) is 10.0 Å². The van der Waals surface area contributed by atoms with E-state index in [4.69, 9.17) is 0 Å². The van der Waals surface area contributed by atoms with Crippen LogP contribution in [0.25, 0.3) is 0 Å².